The Kier molecular flexibility index (Phi) is 2.15. The summed E-state index contributed by atoms with van der Waals surface area (Å²) in [7, 11) is 1.49. The van der Waals surface area contributed by atoms with Crippen molar-refractivity contribution in [2.45, 2.75) is 26.4 Å². The van der Waals surface area contributed by atoms with Crippen LogP contribution >= 0.6 is 0 Å². The van der Waals surface area contributed by atoms with Gasteiger partial charge in [-0.05, 0) is 26.3 Å². The van der Waals surface area contributed by atoms with Gasteiger partial charge in [0.05, 0.1) is 0 Å². The van der Waals surface area contributed by atoms with Crippen LogP contribution in [0.3, 0.4) is 0 Å². The highest BCUT2D eigenvalue weighted by molar-refractivity contribution is 6.18. The molecule has 1 amide bonds. The summed E-state index contributed by atoms with van der Waals surface area (Å²) in [4.78, 5) is 22.5. The number of carbonyl (C=O) groups excluding carboxylic acids is 2. The summed E-state index contributed by atoms with van der Waals surface area (Å²) in [5.41, 5.74) is 0.156. The van der Waals surface area contributed by atoms with Crippen molar-refractivity contribution in [1.82, 2.24) is 5.32 Å². The van der Waals surface area contributed by atoms with Crippen LogP contribution in [0.4, 0.5) is 0 Å². The number of nitrogens with one attached hydrogen (secondary N) is 1. The first kappa shape index (κ1) is 9.77. The van der Waals surface area contributed by atoms with Crippen LogP contribution < -0.4 is 5.32 Å². The van der Waals surface area contributed by atoms with E-state index < -0.39 is 11.6 Å². The van der Waals surface area contributed by atoms with E-state index in [1.54, 1.807) is 20.8 Å². The minimum absolute atomic E-state index is 0.132. The molecule has 1 N–H and O–H groups in total. The number of amides is 1. The normalized spacial score (nSPS) is 20.2. The van der Waals surface area contributed by atoms with Crippen molar-refractivity contribution in [2.75, 3.05) is 7.05 Å². The van der Waals surface area contributed by atoms with Crippen molar-refractivity contribution in [3.05, 3.63) is 11.1 Å². The van der Waals surface area contributed by atoms with Gasteiger partial charge < -0.3 is 10.1 Å². The largest absolute Gasteiger partial charge is 0.451 e. The van der Waals surface area contributed by atoms with Gasteiger partial charge in [-0.2, -0.15) is 0 Å². The molecule has 0 unspecified atom stereocenters. The van der Waals surface area contributed by atoms with Crippen LogP contribution in [-0.4, -0.2) is 24.5 Å². The predicted molar refractivity (Wildman–Crippen MR) is 46.9 cm³/mol. The average molecular weight is 183 g/mol. The molecule has 0 aromatic heterocycles. The topological polar surface area (TPSA) is 55.4 Å². The molecule has 0 atom stereocenters. The quantitative estimate of drug-likeness (QED) is 0.472. The molecule has 1 aliphatic rings. The highest BCUT2D eigenvalue weighted by atomic mass is 16.6. The number of cyclic esters (lactones) is 1. The van der Waals surface area contributed by atoms with Gasteiger partial charge in [-0.15, -0.1) is 0 Å². The van der Waals surface area contributed by atoms with Crippen LogP contribution in [0, 0.1) is 0 Å². The van der Waals surface area contributed by atoms with Crippen molar-refractivity contribution >= 4 is 11.9 Å². The Morgan fingerprint density at radius 3 is 2.31 bits per heavy atom. The van der Waals surface area contributed by atoms with Gasteiger partial charge >= 0.3 is 5.97 Å². The molecular formula is C9H13NO3. The maximum atomic E-state index is 11.3. The van der Waals surface area contributed by atoms with E-state index in [9.17, 15) is 9.59 Å². The number of esters is 1. The standard InChI is InChI=1S/C9H13NO3/c1-5-6(7(11)10-4)8(12)13-9(5,2)3/h1-4H3,(H,10,11). The van der Waals surface area contributed by atoms with Crippen LogP contribution in [0.15, 0.2) is 11.1 Å². The van der Waals surface area contributed by atoms with Gasteiger partial charge in [0.1, 0.15) is 11.2 Å². The molecule has 0 radical (unpaired) electrons. The van der Waals surface area contributed by atoms with Crippen molar-refractivity contribution in [1.29, 1.82) is 0 Å². The zero-order valence-electron chi connectivity index (χ0n) is 8.22. The zero-order chi connectivity index (χ0) is 10.2. The molecule has 0 bridgehead atoms. The van der Waals surface area contributed by atoms with E-state index in [0.29, 0.717) is 5.57 Å². The van der Waals surface area contributed by atoms with Crippen LogP contribution in [0.2, 0.25) is 0 Å². The van der Waals surface area contributed by atoms with Crippen molar-refractivity contribution in [2.24, 2.45) is 0 Å². The van der Waals surface area contributed by atoms with E-state index in [2.05, 4.69) is 5.32 Å². The summed E-state index contributed by atoms with van der Waals surface area (Å²) in [6.45, 7) is 5.25. The molecule has 0 spiro atoms. The Bertz CT molecular complexity index is 302. The smallest absolute Gasteiger partial charge is 0.344 e. The number of rotatable bonds is 1. The Morgan fingerprint density at radius 1 is 1.46 bits per heavy atom. The molecule has 13 heavy (non-hydrogen) atoms. The SMILES string of the molecule is CNC(=O)C1=C(C)C(C)(C)OC1=O. The summed E-state index contributed by atoms with van der Waals surface area (Å²) < 4.78 is 5.02. The van der Waals surface area contributed by atoms with Gasteiger partial charge in [0, 0.05) is 7.05 Å². The Hall–Kier alpha value is -1.32. The fraction of sp³-hybridized carbons (Fsp3) is 0.556. The first-order valence-corrected chi connectivity index (χ1v) is 4.07. The zero-order valence-corrected chi connectivity index (χ0v) is 8.22. The highest BCUT2D eigenvalue weighted by Gasteiger charge is 2.40. The highest BCUT2D eigenvalue weighted by Crippen LogP contribution is 2.31. The molecule has 1 aliphatic heterocycles. The molecule has 0 aromatic rings. The van der Waals surface area contributed by atoms with Gasteiger partial charge in [-0.3, -0.25) is 4.79 Å². The summed E-state index contributed by atoms with van der Waals surface area (Å²) in [6.07, 6.45) is 0. The molecule has 0 aromatic carbocycles. The number of hydrogen-bond acceptors (Lipinski definition) is 3. The third kappa shape index (κ3) is 1.43. The van der Waals surface area contributed by atoms with Gasteiger partial charge in [0.15, 0.2) is 0 Å². The molecule has 1 rings (SSSR count). The van der Waals surface area contributed by atoms with Gasteiger partial charge in [-0.1, -0.05) is 0 Å². The van der Waals surface area contributed by atoms with Crippen molar-refractivity contribution < 1.29 is 14.3 Å². The monoisotopic (exact) mass is 183 g/mol. The Labute approximate surface area is 76.9 Å². The lowest BCUT2D eigenvalue weighted by molar-refractivity contribution is -0.145. The molecule has 72 valence electrons. The summed E-state index contributed by atoms with van der Waals surface area (Å²) in [6, 6.07) is 0. The molecular weight excluding hydrogens is 170 g/mol. The second kappa shape index (κ2) is 2.87. The second-order valence-electron chi connectivity index (χ2n) is 3.48. The van der Waals surface area contributed by atoms with E-state index >= 15 is 0 Å². The fourth-order valence-electron chi connectivity index (χ4n) is 1.20. The second-order valence-corrected chi connectivity index (χ2v) is 3.48. The lowest BCUT2D eigenvalue weighted by Crippen LogP contribution is -2.23. The van der Waals surface area contributed by atoms with Crippen molar-refractivity contribution in [3.63, 3.8) is 0 Å². The summed E-state index contributed by atoms with van der Waals surface area (Å²) in [5.74, 6) is -0.921. The van der Waals surface area contributed by atoms with Crippen LogP contribution in [-0.2, 0) is 14.3 Å². The maximum Gasteiger partial charge on any atom is 0.344 e. The molecule has 1 heterocycles. The lowest BCUT2D eigenvalue weighted by Gasteiger charge is -2.17. The van der Waals surface area contributed by atoms with Gasteiger partial charge in [0.2, 0.25) is 0 Å². The van der Waals surface area contributed by atoms with E-state index in [1.165, 1.54) is 7.05 Å². The first-order chi connectivity index (χ1) is 5.90. The fourth-order valence-corrected chi connectivity index (χ4v) is 1.20. The molecule has 4 nitrogen and oxygen atoms in total. The minimum Gasteiger partial charge on any atom is -0.451 e. The van der Waals surface area contributed by atoms with Crippen LogP contribution in [0.5, 0.6) is 0 Å². The molecule has 0 fully saturated rings. The third-order valence-corrected chi connectivity index (χ3v) is 2.28. The molecule has 0 saturated carbocycles. The summed E-state index contributed by atoms with van der Waals surface area (Å²) in [5, 5.41) is 2.41. The van der Waals surface area contributed by atoms with E-state index in [4.69, 9.17) is 4.74 Å². The van der Waals surface area contributed by atoms with Gasteiger partial charge in [0.25, 0.3) is 5.91 Å². The molecule has 4 heteroatoms. The number of hydrogen-bond donors (Lipinski definition) is 1. The van der Waals surface area contributed by atoms with Gasteiger partial charge in [-0.25, -0.2) is 4.79 Å². The first-order valence-electron chi connectivity index (χ1n) is 4.07. The predicted octanol–water partition coefficient (Wildman–Crippen LogP) is 0.384. The van der Waals surface area contributed by atoms with Crippen LogP contribution in [0.1, 0.15) is 20.8 Å². The van der Waals surface area contributed by atoms with E-state index in [-0.39, 0.29) is 11.5 Å². The molecule has 0 aliphatic carbocycles. The third-order valence-electron chi connectivity index (χ3n) is 2.28. The van der Waals surface area contributed by atoms with E-state index in [0.717, 1.165) is 0 Å². The van der Waals surface area contributed by atoms with Crippen LogP contribution in [0.25, 0.3) is 0 Å². The lowest BCUT2D eigenvalue weighted by atomic mass is 9.97. The van der Waals surface area contributed by atoms with E-state index in [1.807, 2.05) is 0 Å². The van der Waals surface area contributed by atoms with Crippen molar-refractivity contribution in [3.8, 4) is 0 Å². The number of likely N-dealkylation sites (N-methyl/N-ethyl adjacent to an activating group) is 1. The Morgan fingerprint density at radius 2 is 2.00 bits per heavy atom. The Balaban J connectivity index is 3.13. The minimum atomic E-state index is -0.654. The maximum absolute atomic E-state index is 11.3. The summed E-state index contributed by atoms with van der Waals surface area (Å²) >= 11 is 0. The number of carbonyl (C=O) groups is 2. The molecule has 0 saturated heterocycles. The number of ether oxygens (including phenoxy) is 1. The average Bonchev–Trinajstić information content (AvgIpc) is 2.21.